The van der Waals surface area contributed by atoms with E-state index in [-0.39, 0.29) is 11.9 Å². The van der Waals surface area contributed by atoms with Crippen LogP contribution in [0.3, 0.4) is 0 Å². The van der Waals surface area contributed by atoms with Crippen molar-refractivity contribution >= 4 is 5.91 Å². The molecule has 1 aliphatic heterocycles. The lowest BCUT2D eigenvalue weighted by molar-refractivity contribution is -0.132. The minimum atomic E-state index is 0.209. The maximum atomic E-state index is 12.2. The van der Waals surface area contributed by atoms with E-state index < -0.39 is 0 Å². The Labute approximate surface area is 132 Å². The topological polar surface area (TPSA) is 64.8 Å². The molecule has 0 saturated carbocycles. The SMILES string of the molecule is CCOc1cc(CCC(=O)N2CCC(N)CC2)ccc1OC. The lowest BCUT2D eigenvalue weighted by Gasteiger charge is -2.30. The fourth-order valence-corrected chi connectivity index (χ4v) is 2.70. The number of amides is 1. The van der Waals surface area contributed by atoms with Crippen LogP contribution in [0.4, 0.5) is 0 Å². The monoisotopic (exact) mass is 306 g/mol. The second kappa shape index (κ2) is 8.03. The number of aryl methyl sites for hydroxylation is 1. The molecule has 0 radical (unpaired) electrons. The first-order valence-corrected chi connectivity index (χ1v) is 7.97. The van der Waals surface area contributed by atoms with Crippen molar-refractivity contribution in [3.8, 4) is 11.5 Å². The van der Waals surface area contributed by atoms with Crippen LogP contribution in [0, 0.1) is 0 Å². The number of piperidine rings is 1. The smallest absolute Gasteiger partial charge is 0.222 e. The van der Waals surface area contributed by atoms with Gasteiger partial charge >= 0.3 is 0 Å². The summed E-state index contributed by atoms with van der Waals surface area (Å²) in [5.41, 5.74) is 6.96. The number of nitrogens with two attached hydrogens (primary N) is 1. The Morgan fingerprint density at radius 2 is 2.05 bits per heavy atom. The highest BCUT2D eigenvalue weighted by Crippen LogP contribution is 2.28. The van der Waals surface area contributed by atoms with Gasteiger partial charge in [-0.2, -0.15) is 0 Å². The van der Waals surface area contributed by atoms with E-state index in [0.29, 0.717) is 19.4 Å². The molecule has 1 aromatic carbocycles. The normalized spacial score (nSPS) is 15.7. The zero-order valence-electron chi connectivity index (χ0n) is 13.5. The van der Waals surface area contributed by atoms with Gasteiger partial charge in [-0.1, -0.05) is 6.07 Å². The summed E-state index contributed by atoms with van der Waals surface area (Å²) in [5.74, 6) is 1.67. The highest BCUT2D eigenvalue weighted by molar-refractivity contribution is 5.76. The molecule has 0 aromatic heterocycles. The molecule has 1 saturated heterocycles. The van der Waals surface area contributed by atoms with Crippen molar-refractivity contribution in [3.05, 3.63) is 23.8 Å². The summed E-state index contributed by atoms with van der Waals surface area (Å²) in [4.78, 5) is 14.2. The summed E-state index contributed by atoms with van der Waals surface area (Å²) in [6.45, 7) is 4.10. The first-order valence-electron chi connectivity index (χ1n) is 7.97. The van der Waals surface area contributed by atoms with Gasteiger partial charge in [-0.3, -0.25) is 4.79 Å². The molecule has 1 fully saturated rings. The van der Waals surface area contributed by atoms with E-state index in [1.165, 1.54) is 0 Å². The van der Waals surface area contributed by atoms with Crippen LogP contribution >= 0.6 is 0 Å². The largest absolute Gasteiger partial charge is 0.493 e. The highest BCUT2D eigenvalue weighted by Gasteiger charge is 2.20. The Bertz CT molecular complexity index is 497. The summed E-state index contributed by atoms with van der Waals surface area (Å²) in [6.07, 6.45) is 3.05. The molecule has 0 unspecified atom stereocenters. The van der Waals surface area contributed by atoms with Crippen LogP contribution in [-0.4, -0.2) is 43.7 Å². The van der Waals surface area contributed by atoms with Crippen molar-refractivity contribution in [1.82, 2.24) is 4.90 Å². The van der Waals surface area contributed by atoms with Crippen molar-refractivity contribution in [1.29, 1.82) is 0 Å². The number of ether oxygens (including phenoxy) is 2. The maximum absolute atomic E-state index is 12.2. The molecule has 5 nitrogen and oxygen atoms in total. The molecule has 22 heavy (non-hydrogen) atoms. The molecule has 1 aliphatic rings. The van der Waals surface area contributed by atoms with Crippen molar-refractivity contribution in [3.63, 3.8) is 0 Å². The van der Waals surface area contributed by atoms with E-state index in [1.54, 1.807) is 7.11 Å². The van der Waals surface area contributed by atoms with Gasteiger partial charge in [-0.05, 0) is 43.9 Å². The highest BCUT2D eigenvalue weighted by atomic mass is 16.5. The third kappa shape index (κ3) is 4.37. The van der Waals surface area contributed by atoms with Crippen LogP contribution in [0.2, 0.25) is 0 Å². The van der Waals surface area contributed by atoms with E-state index in [0.717, 1.165) is 43.0 Å². The lowest BCUT2D eigenvalue weighted by atomic mass is 10.0. The summed E-state index contributed by atoms with van der Waals surface area (Å²) < 4.78 is 10.8. The molecule has 0 spiro atoms. The average molecular weight is 306 g/mol. The van der Waals surface area contributed by atoms with Crippen LogP contribution in [0.5, 0.6) is 11.5 Å². The quantitative estimate of drug-likeness (QED) is 0.873. The van der Waals surface area contributed by atoms with Gasteiger partial charge in [0.25, 0.3) is 0 Å². The molecular formula is C17H26N2O3. The lowest BCUT2D eigenvalue weighted by Crippen LogP contribution is -2.42. The number of hydrogen-bond donors (Lipinski definition) is 1. The van der Waals surface area contributed by atoms with Gasteiger partial charge in [0, 0.05) is 25.6 Å². The summed E-state index contributed by atoms with van der Waals surface area (Å²) >= 11 is 0. The van der Waals surface area contributed by atoms with Gasteiger partial charge in [0.1, 0.15) is 0 Å². The maximum Gasteiger partial charge on any atom is 0.222 e. The minimum Gasteiger partial charge on any atom is -0.493 e. The van der Waals surface area contributed by atoms with Crippen LogP contribution < -0.4 is 15.2 Å². The van der Waals surface area contributed by atoms with Crippen molar-refractivity contribution < 1.29 is 14.3 Å². The Morgan fingerprint density at radius 1 is 1.32 bits per heavy atom. The van der Waals surface area contributed by atoms with Gasteiger partial charge in [-0.15, -0.1) is 0 Å². The number of carbonyl (C=O) groups excluding carboxylic acids is 1. The van der Waals surface area contributed by atoms with Gasteiger partial charge in [0.15, 0.2) is 11.5 Å². The average Bonchev–Trinajstić information content (AvgIpc) is 2.54. The molecular weight excluding hydrogens is 280 g/mol. The Balaban J connectivity index is 1.90. The summed E-state index contributed by atoms with van der Waals surface area (Å²) in [6, 6.07) is 6.09. The zero-order valence-corrected chi connectivity index (χ0v) is 13.5. The van der Waals surface area contributed by atoms with E-state index in [1.807, 2.05) is 30.0 Å². The van der Waals surface area contributed by atoms with Gasteiger partial charge in [-0.25, -0.2) is 0 Å². The van der Waals surface area contributed by atoms with E-state index in [2.05, 4.69) is 0 Å². The van der Waals surface area contributed by atoms with Gasteiger partial charge in [0.2, 0.25) is 5.91 Å². The fourth-order valence-electron chi connectivity index (χ4n) is 2.70. The second-order valence-electron chi connectivity index (χ2n) is 5.64. The van der Waals surface area contributed by atoms with Crippen molar-refractivity contribution in [2.45, 2.75) is 38.6 Å². The Hall–Kier alpha value is -1.75. The first kappa shape index (κ1) is 16.6. The van der Waals surface area contributed by atoms with E-state index in [4.69, 9.17) is 15.2 Å². The third-order valence-corrected chi connectivity index (χ3v) is 4.05. The van der Waals surface area contributed by atoms with Crippen LogP contribution in [0.25, 0.3) is 0 Å². The minimum absolute atomic E-state index is 0.209. The van der Waals surface area contributed by atoms with E-state index >= 15 is 0 Å². The van der Waals surface area contributed by atoms with Gasteiger partial charge < -0.3 is 20.1 Å². The van der Waals surface area contributed by atoms with Gasteiger partial charge in [0.05, 0.1) is 13.7 Å². The van der Waals surface area contributed by atoms with E-state index in [9.17, 15) is 4.79 Å². The van der Waals surface area contributed by atoms with Crippen LogP contribution in [-0.2, 0) is 11.2 Å². The molecule has 0 bridgehead atoms. The number of rotatable bonds is 6. The second-order valence-corrected chi connectivity index (χ2v) is 5.64. The Morgan fingerprint density at radius 3 is 2.68 bits per heavy atom. The van der Waals surface area contributed by atoms with Crippen LogP contribution in [0.15, 0.2) is 18.2 Å². The van der Waals surface area contributed by atoms with Crippen LogP contribution in [0.1, 0.15) is 31.7 Å². The summed E-state index contributed by atoms with van der Waals surface area (Å²) in [5, 5.41) is 0. The standard InChI is InChI=1S/C17H26N2O3/c1-3-22-16-12-13(4-6-15(16)21-2)5-7-17(20)19-10-8-14(18)9-11-19/h4,6,12,14H,3,5,7-11,18H2,1-2H3. The van der Waals surface area contributed by atoms with Crippen molar-refractivity contribution in [2.75, 3.05) is 26.8 Å². The Kier molecular flexibility index (Phi) is 6.07. The molecule has 122 valence electrons. The zero-order chi connectivity index (χ0) is 15.9. The number of hydrogen-bond acceptors (Lipinski definition) is 4. The molecule has 1 aromatic rings. The predicted octanol–water partition coefficient (Wildman–Crippen LogP) is 1.98. The molecule has 1 heterocycles. The fraction of sp³-hybridized carbons (Fsp3) is 0.588. The number of benzene rings is 1. The number of carbonyl (C=O) groups is 1. The summed E-state index contributed by atoms with van der Waals surface area (Å²) in [7, 11) is 1.63. The molecule has 0 atom stereocenters. The molecule has 0 aliphatic carbocycles. The predicted molar refractivity (Wildman–Crippen MR) is 86.3 cm³/mol. The molecule has 5 heteroatoms. The molecule has 2 rings (SSSR count). The molecule has 2 N–H and O–H groups in total. The van der Waals surface area contributed by atoms with Crippen molar-refractivity contribution in [2.24, 2.45) is 5.73 Å². The number of likely N-dealkylation sites (tertiary alicyclic amines) is 1. The number of methoxy groups -OCH3 is 1. The number of nitrogens with zero attached hydrogens (tertiary/aromatic N) is 1. The molecule has 1 amide bonds. The first-order chi connectivity index (χ1) is 10.6. The third-order valence-electron chi connectivity index (χ3n) is 4.05.